The van der Waals surface area contributed by atoms with Crippen LogP contribution in [0.5, 0.6) is 0 Å². The lowest BCUT2D eigenvalue weighted by Crippen LogP contribution is -2.74. The van der Waals surface area contributed by atoms with Crippen molar-refractivity contribution in [3.8, 4) is 11.1 Å². The Morgan fingerprint density at radius 1 is 0.382 bits per heavy atom. The molecule has 3 heterocycles. The maximum Gasteiger partial charge on any atom is 0.297 e. The van der Waals surface area contributed by atoms with Crippen molar-refractivity contribution in [2.24, 2.45) is 0 Å². The van der Waals surface area contributed by atoms with E-state index < -0.39 is 8.07 Å². The fraction of sp³-hybridized carbons (Fsp3) is 0.333. The molecule has 448 valence electrons. The monoisotopic (exact) mass is 1180 g/mol. The summed E-state index contributed by atoms with van der Waals surface area (Å²) < 4.78 is 7.85. The van der Waals surface area contributed by atoms with Gasteiger partial charge in [-0.2, -0.15) is 0 Å². The molecule has 3 aliphatic carbocycles. The van der Waals surface area contributed by atoms with Gasteiger partial charge in [-0.3, -0.25) is 0 Å². The van der Waals surface area contributed by atoms with Crippen LogP contribution in [0.2, 0.25) is 0 Å². The molecule has 0 radical (unpaired) electrons. The maximum atomic E-state index is 7.85. The molecule has 0 spiro atoms. The van der Waals surface area contributed by atoms with Gasteiger partial charge < -0.3 is 14.2 Å². The van der Waals surface area contributed by atoms with Crippen LogP contribution in [0.3, 0.4) is 0 Å². The van der Waals surface area contributed by atoms with Gasteiger partial charge in [0, 0.05) is 33.8 Å². The van der Waals surface area contributed by atoms with E-state index in [4.69, 9.17) is 4.42 Å². The third kappa shape index (κ3) is 8.84. The van der Waals surface area contributed by atoms with Crippen molar-refractivity contribution < 1.29 is 4.42 Å². The largest absolute Gasteiger partial charge is 0.468 e. The first kappa shape index (κ1) is 57.8. The van der Waals surface area contributed by atoms with Gasteiger partial charge in [0.15, 0.2) is 8.07 Å². The molecule has 2 aliphatic heterocycles. The fourth-order valence-electron chi connectivity index (χ4n) is 17.1. The predicted molar refractivity (Wildman–Crippen MR) is 384 cm³/mol. The highest BCUT2D eigenvalue weighted by Gasteiger charge is 2.51. The van der Waals surface area contributed by atoms with Crippen molar-refractivity contribution in [3.63, 3.8) is 0 Å². The Hall–Kier alpha value is -7.60. The Labute approximate surface area is 532 Å². The molecular formula is C84H89BN2OSi. The molecule has 3 nitrogen and oxygen atoms in total. The van der Waals surface area contributed by atoms with Crippen molar-refractivity contribution in [2.75, 3.05) is 9.80 Å². The summed E-state index contributed by atoms with van der Waals surface area (Å²) in [6.45, 7) is 36.7. The van der Waals surface area contributed by atoms with Gasteiger partial charge in [0.1, 0.15) is 5.58 Å². The van der Waals surface area contributed by atoms with Gasteiger partial charge in [-0.1, -0.05) is 243 Å². The zero-order valence-electron chi connectivity index (χ0n) is 55.6. The van der Waals surface area contributed by atoms with Crippen molar-refractivity contribution in [3.05, 3.63) is 233 Å². The van der Waals surface area contributed by atoms with E-state index in [1.807, 2.05) is 0 Å². The highest BCUT2D eigenvalue weighted by atomic mass is 28.3. The van der Waals surface area contributed by atoms with Crippen LogP contribution < -0.4 is 47.1 Å². The van der Waals surface area contributed by atoms with Crippen molar-refractivity contribution >= 4 is 97.2 Å². The Morgan fingerprint density at radius 2 is 0.787 bits per heavy atom. The summed E-state index contributed by atoms with van der Waals surface area (Å²) >= 11 is 0. The molecule has 9 aromatic carbocycles. The third-order valence-corrected chi connectivity index (χ3v) is 27.8. The predicted octanol–water partition coefficient (Wildman–Crippen LogP) is 17.9. The number of nitrogens with zero attached hydrogens (tertiary/aromatic N) is 2. The van der Waals surface area contributed by atoms with E-state index in [2.05, 4.69) is 308 Å². The van der Waals surface area contributed by atoms with Crippen LogP contribution in [0.1, 0.15) is 181 Å². The standard InChI is InChI=1S/C84H89BN2OSi/c1-78(2,3)56-47-72-75-73(48-56)87(57-35-31-54(32-36-57)55-33-38-62(39-34-55)89(59-25-19-16-20-26-59,60-27-21-17-22-28-60)61-29-23-18-24-30-61)76-63-50-66-69(84(14,15)46-43-81(66,8)9)53-74(63)88-77(76)85(75)70-51-67-68(83(12,13)45-44-82(67,10)11)52-71(70)86(72)58-37-40-64-65(49-58)80(6,7)42-41-79(64,4)5/h16-40,47-53H,41-46H2,1-15H3. The molecule has 5 heteroatoms. The van der Waals surface area contributed by atoms with Crippen molar-refractivity contribution in [2.45, 2.75) is 180 Å². The number of hydrogen-bond acceptors (Lipinski definition) is 3. The van der Waals surface area contributed by atoms with Gasteiger partial charge in [0.2, 0.25) is 0 Å². The van der Waals surface area contributed by atoms with Crippen LogP contribution in [0.15, 0.2) is 199 Å². The van der Waals surface area contributed by atoms with Gasteiger partial charge in [-0.15, -0.1) is 0 Å². The number of rotatable bonds is 7. The molecule has 0 atom stereocenters. The summed E-state index contributed by atoms with van der Waals surface area (Å²) in [6.07, 6.45) is 6.91. The Kier molecular flexibility index (Phi) is 12.8. The second-order valence-electron chi connectivity index (χ2n) is 32.5. The van der Waals surface area contributed by atoms with Crippen LogP contribution in [-0.4, -0.2) is 14.8 Å². The Bertz CT molecular complexity index is 4370. The topological polar surface area (TPSA) is 19.6 Å². The van der Waals surface area contributed by atoms with Crippen LogP contribution in [0, 0.1) is 0 Å². The van der Waals surface area contributed by atoms with E-state index in [9.17, 15) is 0 Å². The fourth-order valence-corrected chi connectivity index (χ4v) is 21.8. The summed E-state index contributed by atoms with van der Waals surface area (Å²) in [5.41, 5.74) is 24.5. The molecule has 89 heavy (non-hydrogen) atoms. The van der Waals surface area contributed by atoms with E-state index in [1.165, 1.54) is 122 Å². The van der Waals surface area contributed by atoms with Gasteiger partial charge in [0.05, 0.1) is 11.3 Å². The lowest BCUT2D eigenvalue weighted by Gasteiger charge is -2.47. The number of hydrogen-bond donors (Lipinski definition) is 0. The molecule has 15 rings (SSSR count). The second-order valence-corrected chi connectivity index (χ2v) is 36.3. The van der Waals surface area contributed by atoms with Crippen LogP contribution in [0.25, 0.3) is 22.1 Å². The van der Waals surface area contributed by atoms with E-state index in [0.29, 0.717) is 0 Å². The summed E-state index contributed by atoms with van der Waals surface area (Å²) in [6, 6.07) is 76.0. The molecular weight excluding hydrogens is 1090 g/mol. The average Bonchev–Trinajstić information content (AvgIpc) is 1.68. The van der Waals surface area contributed by atoms with E-state index in [0.717, 1.165) is 49.0 Å². The van der Waals surface area contributed by atoms with Crippen LogP contribution in [0.4, 0.5) is 34.1 Å². The van der Waals surface area contributed by atoms with Crippen molar-refractivity contribution in [1.29, 1.82) is 0 Å². The molecule has 0 N–H and O–H groups in total. The molecule has 0 bridgehead atoms. The molecule has 10 aromatic rings. The van der Waals surface area contributed by atoms with Gasteiger partial charge >= 0.3 is 0 Å². The SMILES string of the molecule is CC(C)(C)c1cc2c3c(c1)N(c1ccc(-c4ccc([Si](c5ccccc5)(c5ccccc5)c5ccccc5)cc4)cc1)c1c(oc4cc5c(cc14)C(C)(C)CCC5(C)C)B3c1cc3c(cc1N2c1ccc2c(c1)C(C)(C)CCC2(C)C)C(C)(C)CCC3(C)C. The summed E-state index contributed by atoms with van der Waals surface area (Å²) in [5, 5.41) is 6.70. The lowest BCUT2D eigenvalue weighted by molar-refractivity contribution is 0.332. The summed E-state index contributed by atoms with van der Waals surface area (Å²) in [4.78, 5) is 5.35. The van der Waals surface area contributed by atoms with Crippen LogP contribution in [-0.2, 0) is 37.9 Å². The zero-order valence-corrected chi connectivity index (χ0v) is 56.6. The normalized spacial score (nSPS) is 18.7. The van der Waals surface area contributed by atoms with Gasteiger partial charge in [-0.25, -0.2) is 0 Å². The second kappa shape index (κ2) is 19.7. The summed E-state index contributed by atoms with van der Waals surface area (Å²) in [7, 11) is -2.70. The van der Waals surface area contributed by atoms with E-state index in [-0.39, 0.29) is 44.6 Å². The molecule has 0 fully saturated rings. The number of benzene rings is 9. The third-order valence-electron chi connectivity index (χ3n) is 23.0. The van der Waals surface area contributed by atoms with Crippen molar-refractivity contribution in [1.82, 2.24) is 0 Å². The first-order valence-corrected chi connectivity index (χ1v) is 35.3. The highest BCUT2D eigenvalue weighted by Crippen LogP contribution is 2.55. The average molecular weight is 1180 g/mol. The Balaban J connectivity index is 0.974. The molecule has 0 saturated heterocycles. The minimum Gasteiger partial charge on any atom is -0.468 e. The highest BCUT2D eigenvalue weighted by molar-refractivity contribution is 7.19. The van der Waals surface area contributed by atoms with E-state index >= 15 is 0 Å². The summed E-state index contributed by atoms with van der Waals surface area (Å²) in [5.74, 6) is 0. The molecule has 0 unspecified atom stereocenters. The number of anilines is 6. The first-order chi connectivity index (χ1) is 42.2. The molecule has 5 aliphatic rings. The quantitative estimate of drug-likeness (QED) is 0.117. The molecule has 0 amide bonds. The minimum absolute atomic E-state index is 0.00220. The zero-order chi connectivity index (χ0) is 62.2. The molecule has 0 saturated carbocycles. The van der Waals surface area contributed by atoms with Crippen LogP contribution >= 0.6 is 0 Å². The van der Waals surface area contributed by atoms with Gasteiger partial charge in [0.25, 0.3) is 6.71 Å². The minimum atomic E-state index is -2.70. The lowest BCUT2D eigenvalue weighted by atomic mass is 9.35. The number of fused-ring (bicyclic) bond motifs is 9. The maximum absolute atomic E-state index is 7.85. The van der Waals surface area contributed by atoms with E-state index in [1.54, 1.807) is 0 Å². The first-order valence-electron chi connectivity index (χ1n) is 33.3. The molecule has 1 aromatic heterocycles. The number of furan rings is 1. The smallest absolute Gasteiger partial charge is 0.297 e. The van der Waals surface area contributed by atoms with Gasteiger partial charge in [-0.05, 0) is 213 Å². The Morgan fingerprint density at radius 3 is 1.28 bits per heavy atom.